The van der Waals surface area contributed by atoms with E-state index in [0.717, 1.165) is 0 Å². The fourth-order valence-corrected chi connectivity index (χ4v) is 0.934. The number of nitrogens with two attached hydrogens (primary N) is 1. The van der Waals surface area contributed by atoms with Crippen molar-refractivity contribution in [3.05, 3.63) is 0 Å². The summed E-state index contributed by atoms with van der Waals surface area (Å²) >= 11 is 0. The molecule has 0 fully saturated rings. The first-order valence-corrected chi connectivity index (χ1v) is 4.40. The molecule has 0 aliphatic rings. The minimum atomic E-state index is -1.26. The van der Waals surface area contributed by atoms with Crippen LogP contribution in [0.25, 0.3) is 0 Å². The average molecular weight is 204 g/mol. The summed E-state index contributed by atoms with van der Waals surface area (Å²) in [6.07, 6.45) is 0.542. The van der Waals surface area contributed by atoms with Crippen molar-refractivity contribution in [3.63, 3.8) is 0 Å². The van der Waals surface area contributed by atoms with Crippen LogP contribution in [0.5, 0.6) is 0 Å². The third kappa shape index (κ3) is 3.71. The van der Waals surface area contributed by atoms with E-state index in [1.54, 1.807) is 6.92 Å². The molecule has 1 amide bonds. The lowest BCUT2D eigenvalue weighted by molar-refractivity contribution is -0.143. The third-order valence-electron chi connectivity index (χ3n) is 1.95. The molecular weight excluding hydrogens is 188 g/mol. The van der Waals surface area contributed by atoms with Crippen LogP contribution in [-0.2, 0) is 9.59 Å². The molecule has 1 unspecified atom stereocenters. The zero-order valence-electron chi connectivity index (χ0n) is 8.06. The van der Waals surface area contributed by atoms with Crippen LogP contribution < -0.4 is 11.1 Å². The second-order valence-electron chi connectivity index (χ2n) is 2.92. The van der Waals surface area contributed by atoms with Crippen LogP contribution in [-0.4, -0.2) is 41.3 Å². The Kier molecular flexibility index (Phi) is 5.82. The van der Waals surface area contributed by atoms with Crippen LogP contribution in [0.2, 0.25) is 0 Å². The summed E-state index contributed by atoms with van der Waals surface area (Å²) in [6.45, 7) is 1.33. The van der Waals surface area contributed by atoms with Crippen molar-refractivity contribution < 1.29 is 19.8 Å². The number of nitrogens with one attached hydrogen (secondary N) is 1. The van der Waals surface area contributed by atoms with E-state index >= 15 is 0 Å². The summed E-state index contributed by atoms with van der Waals surface area (Å²) in [6, 6.07) is -1.25. The molecule has 0 saturated carbocycles. The summed E-state index contributed by atoms with van der Waals surface area (Å²) in [4.78, 5) is 21.8. The van der Waals surface area contributed by atoms with Gasteiger partial charge in [-0.1, -0.05) is 6.92 Å². The van der Waals surface area contributed by atoms with Gasteiger partial charge in [-0.05, 0) is 6.42 Å². The molecule has 5 N–H and O–H groups in total. The van der Waals surface area contributed by atoms with Gasteiger partial charge in [0.2, 0.25) is 5.91 Å². The number of aliphatic hydroxyl groups excluding tert-OH is 1. The lowest BCUT2D eigenvalue weighted by Gasteiger charge is -2.16. The molecule has 0 heterocycles. The maximum absolute atomic E-state index is 11.3. The summed E-state index contributed by atoms with van der Waals surface area (Å²) in [5.74, 6) is -2.09. The summed E-state index contributed by atoms with van der Waals surface area (Å²) < 4.78 is 0. The van der Waals surface area contributed by atoms with E-state index in [2.05, 4.69) is 5.32 Å². The number of carboxylic acids is 1. The molecule has 2 atom stereocenters. The maximum Gasteiger partial charge on any atom is 0.328 e. The Labute approximate surface area is 82.1 Å². The SMILES string of the molecule is CCC(CN)C(=O)N[C@H](CO)C(=O)O. The van der Waals surface area contributed by atoms with Gasteiger partial charge >= 0.3 is 5.97 Å². The molecule has 0 aliphatic heterocycles. The number of hydrogen-bond acceptors (Lipinski definition) is 4. The molecule has 0 saturated heterocycles. The van der Waals surface area contributed by atoms with E-state index in [1.807, 2.05) is 0 Å². The van der Waals surface area contributed by atoms with Crippen LogP contribution in [0.15, 0.2) is 0 Å². The summed E-state index contributed by atoms with van der Waals surface area (Å²) in [5, 5.41) is 19.4. The molecule has 6 heteroatoms. The first-order chi connectivity index (χ1) is 6.56. The molecule has 82 valence electrons. The highest BCUT2D eigenvalue weighted by molar-refractivity contribution is 5.85. The van der Waals surface area contributed by atoms with Crippen molar-refractivity contribution in [1.82, 2.24) is 5.32 Å². The van der Waals surface area contributed by atoms with Gasteiger partial charge in [0, 0.05) is 12.5 Å². The number of carboxylic acid groups (broad SMARTS) is 1. The van der Waals surface area contributed by atoms with E-state index in [9.17, 15) is 9.59 Å². The van der Waals surface area contributed by atoms with Crippen LogP contribution in [0.3, 0.4) is 0 Å². The van der Waals surface area contributed by atoms with E-state index in [0.29, 0.717) is 6.42 Å². The highest BCUT2D eigenvalue weighted by Gasteiger charge is 2.22. The van der Waals surface area contributed by atoms with Gasteiger partial charge in [0.25, 0.3) is 0 Å². The zero-order valence-corrected chi connectivity index (χ0v) is 8.06. The molecule has 14 heavy (non-hydrogen) atoms. The van der Waals surface area contributed by atoms with Crippen LogP contribution in [0, 0.1) is 5.92 Å². The predicted octanol–water partition coefficient (Wildman–Crippen LogP) is -1.47. The van der Waals surface area contributed by atoms with E-state index < -0.39 is 30.4 Å². The molecule has 0 aromatic carbocycles. The fourth-order valence-electron chi connectivity index (χ4n) is 0.934. The van der Waals surface area contributed by atoms with Crippen LogP contribution in [0.4, 0.5) is 0 Å². The van der Waals surface area contributed by atoms with Crippen molar-refractivity contribution >= 4 is 11.9 Å². The first kappa shape index (κ1) is 12.9. The second-order valence-corrected chi connectivity index (χ2v) is 2.92. The Balaban J connectivity index is 4.20. The number of carbonyl (C=O) groups is 2. The van der Waals surface area contributed by atoms with Crippen molar-refractivity contribution in [1.29, 1.82) is 0 Å². The van der Waals surface area contributed by atoms with E-state index in [1.165, 1.54) is 0 Å². The van der Waals surface area contributed by atoms with Crippen LogP contribution in [0.1, 0.15) is 13.3 Å². The number of carbonyl (C=O) groups excluding carboxylic acids is 1. The number of hydrogen-bond donors (Lipinski definition) is 4. The number of aliphatic hydroxyl groups is 1. The van der Waals surface area contributed by atoms with Gasteiger partial charge < -0.3 is 21.3 Å². The zero-order chi connectivity index (χ0) is 11.1. The summed E-state index contributed by atoms with van der Waals surface area (Å²) in [5.41, 5.74) is 5.31. The van der Waals surface area contributed by atoms with Crippen molar-refractivity contribution in [3.8, 4) is 0 Å². The van der Waals surface area contributed by atoms with Crippen LogP contribution >= 0.6 is 0 Å². The maximum atomic E-state index is 11.3. The van der Waals surface area contributed by atoms with Gasteiger partial charge in [-0.15, -0.1) is 0 Å². The number of amides is 1. The molecular formula is C8H16N2O4. The average Bonchev–Trinajstić information content (AvgIpc) is 2.15. The van der Waals surface area contributed by atoms with Gasteiger partial charge in [-0.2, -0.15) is 0 Å². The highest BCUT2D eigenvalue weighted by atomic mass is 16.4. The standard InChI is InChI=1S/C8H16N2O4/c1-2-5(3-9)7(12)10-6(4-11)8(13)14/h5-6,11H,2-4,9H2,1H3,(H,10,12)(H,13,14)/t5?,6-/m1/s1. The minimum absolute atomic E-state index is 0.167. The summed E-state index contributed by atoms with van der Waals surface area (Å²) in [7, 11) is 0. The quantitative estimate of drug-likeness (QED) is 0.422. The Hall–Kier alpha value is -1.14. The topological polar surface area (TPSA) is 113 Å². The van der Waals surface area contributed by atoms with E-state index in [4.69, 9.17) is 15.9 Å². The Morgan fingerprint density at radius 2 is 2.07 bits per heavy atom. The lowest BCUT2D eigenvalue weighted by atomic mass is 10.1. The molecule has 0 aromatic heterocycles. The number of aliphatic carboxylic acids is 1. The lowest BCUT2D eigenvalue weighted by Crippen LogP contribution is -2.47. The molecule has 6 nitrogen and oxygen atoms in total. The Bertz CT molecular complexity index is 204. The Morgan fingerprint density at radius 1 is 1.50 bits per heavy atom. The Morgan fingerprint density at radius 3 is 2.36 bits per heavy atom. The third-order valence-corrected chi connectivity index (χ3v) is 1.95. The fraction of sp³-hybridized carbons (Fsp3) is 0.750. The van der Waals surface area contributed by atoms with E-state index in [-0.39, 0.29) is 6.54 Å². The number of rotatable bonds is 6. The molecule has 0 spiro atoms. The molecule has 0 aliphatic carbocycles. The van der Waals surface area contributed by atoms with Gasteiger partial charge in [-0.3, -0.25) is 4.79 Å². The van der Waals surface area contributed by atoms with Gasteiger partial charge in [-0.25, -0.2) is 4.79 Å². The molecule has 0 bridgehead atoms. The molecule has 0 radical (unpaired) electrons. The highest BCUT2D eigenvalue weighted by Crippen LogP contribution is 2.00. The second kappa shape index (κ2) is 6.33. The predicted molar refractivity (Wildman–Crippen MR) is 49.5 cm³/mol. The largest absolute Gasteiger partial charge is 0.480 e. The monoisotopic (exact) mass is 204 g/mol. The smallest absolute Gasteiger partial charge is 0.328 e. The normalized spacial score (nSPS) is 14.5. The van der Waals surface area contributed by atoms with Gasteiger partial charge in [0.05, 0.1) is 6.61 Å². The first-order valence-electron chi connectivity index (χ1n) is 4.40. The van der Waals surface area contributed by atoms with Crippen molar-refractivity contribution in [2.45, 2.75) is 19.4 Å². The minimum Gasteiger partial charge on any atom is -0.480 e. The molecule has 0 rings (SSSR count). The van der Waals surface area contributed by atoms with Crippen molar-refractivity contribution in [2.24, 2.45) is 11.7 Å². The molecule has 0 aromatic rings. The van der Waals surface area contributed by atoms with Gasteiger partial charge in [0.15, 0.2) is 0 Å². The van der Waals surface area contributed by atoms with Crippen molar-refractivity contribution in [2.75, 3.05) is 13.2 Å². The van der Waals surface area contributed by atoms with Gasteiger partial charge in [0.1, 0.15) is 6.04 Å².